The molecule has 3 rings (SSSR count). The molecule has 22 heavy (non-hydrogen) atoms. The van der Waals surface area contributed by atoms with Crippen molar-refractivity contribution in [2.24, 2.45) is 4.99 Å². The number of aliphatic imine (C=N–C) groups is 1. The molecular weight excluding hydrogens is 280 g/mol. The van der Waals surface area contributed by atoms with Gasteiger partial charge >= 0.3 is 0 Å². The van der Waals surface area contributed by atoms with Gasteiger partial charge in [-0.15, -0.1) is 0 Å². The van der Waals surface area contributed by atoms with Crippen molar-refractivity contribution in [1.82, 2.24) is 10.3 Å². The summed E-state index contributed by atoms with van der Waals surface area (Å²) in [6.45, 7) is 0.496. The maximum absolute atomic E-state index is 5.21. The highest BCUT2D eigenvalue weighted by Crippen LogP contribution is 2.31. The zero-order chi connectivity index (χ0) is 15.4. The molecule has 2 heterocycles. The van der Waals surface area contributed by atoms with Crippen molar-refractivity contribution in [3.8, 4) is 0 Å². The van der Waals surface area contributed by atoms with Crippen LogP contribution in [-0.2, 0) is 9.47 Å². The molecule has 0 unspecified atom stereocenters. The van der Waals surface area contributed by atoms with Crippen molar-refractivity contribution >= 4 is 23.0 Å². The van der Waals surface area contributed by atoms with Crippen LogP contribution in [0.2, 0.25) is 0 Å². The number of methoxy groups -OCH3 is 2. The van der Waals surface area contributed by atoms with Gasteiger partial charge in [0.1, 0.15) is 11.5 Å². The summed E-state index contributed by atoms with van der Waals surface area (Å²) in [5.74, 6) is 1.50. The average Bonchev–Trinajstić information content (AvgIpc) is 2.72. The van der Waals surface area contributed by atoms with E-state index in [9.17, 15) is 0 Å². The number of pyridine rings is 1. The van der Waals surface area contributed by atoms with Gasteiger partial charge in [-0.05, 0) is 24.3 Å². The summed E-state index contributed by atoms with van der Waals surface area (Å²) in [6, 6.07) is 11.8. The topological polar surface area (TPSA) is 67.8 Å². The molecule has 0 spiro atoms. The Morgan fingerprint density at radius 1 is 1.14 bits per heavy atom. The number of anilines is 2. The van der Waals surface area contributed by atoms with Gasteiger partial charge in [-0.25, -0.2) is 9.98 Å². The monoisotopic (exact) mass is 298 g/mol. The molecule has 0 aliphatic carbocycles. The smallest absolute Gasteiger partial charge is 0.173 e. The first-order chi connectivity index (χ1) is 10.8. The second-order valence-electron chi connectivity index (χ2n) is 4.78. The standard InChI is InChI=1S/C16H18N4O2/c1-21-14(22-2)10-18-15-11-6-3-4-7-12(11)19-16-13(20-15)8-5-9-17-16/h3-9,14H,10H2,1-2H3,(H,17,19)(H,18,20). The molecule has 114 valence electrons. The van der Waals surface area contributed by atoms with Crippen molar-refractivity contribution in [2.75, 3.05) is 26.1 Å². The van der Waals surface area contributed by atoms with Crippen LogP contribution in [0.1, 0.15) is 5.56 Å². The number of hydrogen-bond acceptors (Lipinski definition) is 6. The second kappa shape index (κ2) is 6.55. The lowest BCUT2D eigenvalue weighted by Gasteiger charge is -2.16. The summed E-state index contributed by atoms with van der Waals surface area (Å²) in [4.78, 5) is 9.04. The van der Waals surface area contributed by atoms with Gasteiger partial charge < -0.3 is 20.1 Å². The Labute approximate surface area is 129 Å². The second-order valence-corrected chi connectivity index (χ2v) is 4.78. The third kappa shape index (κ3) is 2.93. The minimum absolute atomic E-state index is 0.334. The summed E-state index contributed by atoms with van der Waals surface area (Å²) >= 11 is 0. The molecule has 0 saturated heterocycles. The van der Waals surface area contributed by atoms with Gasteiger partial charge in [-0.3, -0.25) is 0 Å². The van der Waals surface area contributed by atoms with Crippen LogP contribution in [0.25, 0.3) is 0 Å². The van der Waals surface area contributed by atoms with Crippen LogP contribution < -0.4 is 10.6 Å². The predicted octanol–water partition coefficient (Wildman–Crippen LogP) is 2.43. The van der Waals surface area contributed by atoms with Gasteiger partial charge in [0.2, 0.25) is 0 Å². The zero-order valence-corrected chi connectivity index (χ0v) is 12.5. The van der Waals surface area contributed by atoms with Crippen molar-refractivity contribution < 1.29 is 9.47 Å². The van der Waals surface area contributed by atoms with E-state index in [1.807, 2.05) is 36.4 Å². The lowest BCUT2D eigenvalue weighted by Crippen LogP contribution is -2.34. The highest BCUT2D eigenvalue weighted by atomic mass is 16.7. The Hall–Kier alpha value is -2.44. The number of nitrogens with one attached hydrogen (secondary N) is 2. The molecule has 0 fully saturated rings. The molecular formula is C16H18N4O2. The largest absolute Gasteiger partial charge is 0.364 e. The van der Waals surface area contributed by atoms with E-state index in [0.717, 1.165) is 28.6 Å². The number of benzene rings is 1. The average molecular weight is 298 g/mol. The summed E-state index contributed by atoms with van der Waals surface area (Å²) in [7, 11) is 3.22. The fourth-order valence-electron chi connectivity index (χ4n) is 2.27. The first kappa shape index (κ1) is 14.5. The molecule has 1 aliphatic heterocycles. The van der Waals surface area contributed by atoms with E-state index >= 15 is 0 Å². The molecule has 1 aromatic heterocycles. The van der Waals surface area contributed by atoms with Crippen LogP contribution in [0.15, 0.2) is 47.6 Å². The third-order valence-corrected chi connectivity index (χ3v) is 3.42. The molecule has 0 bridgehead atoms. The van der Waals surface area contributed by atoms with Crippen LogP contribution in [0.4, 0.5) is 17.2 Å². The molecule has 6 nitrogen and oxygen atoms in total. The third-order valence-electron chi connectivity index (χ3n) is 3.42. The minimum Gasteiger partial charge on any atom is -0.364 e. The molecule has 0 amide bonds. The summed E-state index contributed by atoms with van der Waals surface area (Å²) < 4.78 is 10.4. The molecule has 2 N–H and O–H groups in total. The number of aromatic nitrogens is 1. The van der Waals surface area contributed by atoms with Crippen molar-refractivity contribution in [3.63, 3.8) is 0 Å². The zero-order valence-electron chi connectivity index (χ0n) is 12.5. The number of amidine groups is 1. The van der Waals surface area contributed by atoms with Crippen molar-refractivity contribution in [2.45, 2.75) is 6.29 Å². The van der Waals surface area contributed by atoms with Crippen LogP contribution in [-0.4, -0.2) is 37.9 Å². The number of para-hydroxylation sites is 1. The minimum atomic E-state index is -0.334. The SMILES string of the molecule is COC(CNC1=Nc2cccnc2Nc2ccccc21)OC. The maximum atomic E-state index is 5.21. The Kier molecular flexibility index (Phi) is 4.32. The molecule has 1 aliphatic rings. The highest BCUT2D eigenvalue weighted by Gasteiger charge is 2.17. The van der Waals surface area contributed by atoms with E-state index in [2.05, 4.69) is 15.6 Å². The van der Waals surface area contributed by atoms with E-state index in [0.29, 0.717) is 6.54 Å². The number of rotatable bonds is 4. The summed E-state index contributed by atoms with van der Waals surface area (Å²) in [6.07, 6.45) is 1.41. The molecule has 1 aromatic carbocycles. The summed E-state index contributed by atoms with van der Waals surface area (Å²) in [5.41, 5.74) is 2.72. The fourth-order valence-corrected chi connectivity index (χ4v) is 2.27. The van der Waals surface area contributed by atoms with Crippen molar-refractivity contribution in [3.05, 3.63) is 48.2 Å². The van der Waals surface area contributed by atoms with E-state index in [1.165, 1.54) is 0 Å². The highest BCUT2D eigenvalue weighted by molar-refractivity contribution is 6.07. The van der Waals surface area contributed by atoms with E-state index in [1.54, 1.807) is 20.4 Å². The number of fused-ring (bicyclic) bond motifs is 2. The normalized spacial score (nSPS) is 12.8. The Morgan fingerprint density at radius 3 is 2.77 bits per heavy atom. The van der Waals surface area contributed by atoms with Gasteiger partial charge in [0.15, 0.2) is 12.1 Å². The Morgan fingerprint density at radius 2 is 1.95 bits per heavy atom. The number of nitrogens with zero attached hydrogens (tertiary/aromatic N) is 2. The molecule has 0 radical (unpaired) electrons. The summed E-state index contributed by atoms with van der Waals surface area (Å²) in [5, 5.41) is 6.61. The Bertz CT molecular complexity index is 683. The first-order valence-electron chi connectivity index (χ1n) is 7.01. The van der Waals surface area contributed by atoms with Crippen LogP contribution in [0, 0.1) is 0 Å². The van der Waals surface area contributed by atoms with Gasteiger partial charge in [-0.2, -0.15) is 0 Å². The van der Waals surface area contributed by atoms with Crippen LogP contribution >= 0.6 is 0 Å². The van der Waals surface area contributed by atoms with Gasteiger partial charge in [0, 0.05) is 26.0 Å². The van der Waals surface area contributed by atoms with E-state index in [-0.39, 0.29) is 6.29 Å². The van der Waals surface area contributed by atoms with Gasteiger partial charge in [0.25, 0.3) is 0 Å². The molecule has 2 aromatic rings. The predicted molar refractivity (Wildman–Crippen MR) is 86.0 cm³/mol. The van der Waals surface area contributed by atoms with E-state index in [4.69, 9.17) is 14.5 Å². The van der Waals surface area contributed by atoms with Gasteiger partial charge in [0.05, 0.1) is 12.2 Å². The fraction of sp³-hybridized carbons (Fsp3) is 0.250. The lowest BCUT2D eigenvalue weighted by molar-refractivity contribution is -0.0965. The number of hydrogen-bond donors (Lipinski definition) is 2. The van der Waals surface area contributed by atoms with Crippen LogP contribution in [0.3, 0.4) is 0 Å². The Balaban J connectivity index is 1.96. The lowest BCUT2D eigenvalue weighted by atomic mass is 10.1. The van der Waals surface area contributed by atoms with Crippen LogP contribution in [0.5, 0.6) is 0 Å². The van der Waals surface area contributed by atoms with Crippen molar-refractivity contribution in [1.29, 1.82) is 0 Å². The quantitative estimate of drug-likeness (QED) is 0.849. The molecule has 0 atom stereocenters. The maximum Gasteiger partial charge on any atom is 0.173 e. The number of ether oxygens (including phenoxy) is 2. The first-order valence-corrected chi connectivity index (χ1v) is 7.01. The van der Waals surface area contributed by atoms with E-state index < -0.39 is 0 Å². The molecule has 6 heteroatoms. The molecule has 0 saturated carbocycles. The van der Waals surface area contributed by atoms with Gasteiger partial charge in [-0.1, -0.05) is 12.1 Å².